The van der Waals surface area contributed by atoms with Crippen molar-refractivity contribution in [3.05, 3.63) is 48.0 Å². The molecule has 1 unspecified atom stereocenters. The Balaban J connectivity index is 2.36. The number of aromatic nitrogens is 2. The van der Waals surface area contributed by atoms with E-state index in [1.165, 1.54) is 0 Å². The molecule has 1 atom stereocenters. The minimum absolute atomic E-state index is 0.0669. The van der Waals surface area contributed by atoms with Crippen molar-refractivity contribution in [3.8, 4) is 5.75 Å². The molecular formula is C15H21N3O. The number of hydrogen-bond acceptors (Lipinski definition) is 3. The van der Waals surface area contributed by atoms with Crippen LogP contribution >= 0.6 is 0 Å². The molecule has 0 bridgehead atoms. The molecule has 0 aliphatic carbocycles. The highest BCUT2D eigenvalue weighted by Gasteiger charge is 2.19. The van der Waals surface area contributed by atoms with Crippen LogP contribution in [-0.4, -0.2) is 23.2 Å². The molecule has 1 aromatic heterocycles. The van der Waals surface area contributed by atoms with Crippen LogP contribution in [0.4, 0.5) is 0 Å². The van der Waals surface area contributed by atoms with Gasteiger partial charge in [-0.05, 0) is 19.0 Å². The van der Waals surface area contributed by atoms with Gasteiger partial charge in [-0.2, -0.15) is 0 Å². The van der Waals surface area contributed by atoms with Crippen LogP contribution in [0.2, 0.25) is 0 Å². The van der Waals surface area contributed by atoms with Crippen molar-refractivity contribution in [1.82, 2.24) is 14.9 Å². The van der Waals surface area contributed by atoms with Gasteiger partial charge >= 0.3 is 0 Å². The van der Waals surface area contributed by atoms with Crippen LogP contribution in [0, 0.1) is 0 Å². The average Bonchev–Trinajstić information content (AvgIpc) is 2.86. The van der Waals surface area contributed by atoms with Gasteiger partial charge in [0.15, 0.2) is 0 Å². The number of methoxy groups -OCH3 is 1. The van der Waals surface area contributed by atoms with Gasteiger partial charge in [-0.15, -0.1) is 0 Å². The minimum atomic E-state index is 0.0669. The van der Waals surface area contributed by atoms with E-state index in [9.17, 15) is 0 Å². The molecule has 0 radical (unpaired) electrons. The fourth-order valence-electron chi connectivity index (χ4n) is 2.15. The highest BCUT2D eigenvalue weighted by Crippen LogP contribution is 2.28. The molecule has 4 heteroatoms. The van der Waals surface area contributed by atoms with Gasteiger partial charge in [-0.3, -0.25) is 0 Å². The molecule has 0 saturated heterocycles. The Hall–Kier alpha value is -1.81. The normalized spacial score (nSPS) is 12.4. The van der Waals surface area contributed by atoms with Gasteiger partial charge in [-0.25, -0.2) is 4.98 Å². The summed E-state index contributed by atoms with van der Waals surface area (Å²) in [6.07, 6.45) is 4.95. The number of para-hydroxylation sites is 1. The van der Waals surface area contributed by atoms with Crippen molar-refractivity contribution in [3.63, 3.8) is 0 Å². The monoisotopic (exact) mass is 259 g/mol. The lowest BCUT2D eigenvalue weighted by molar-refractivity contribution is 0.403. The van der Waals surface area contributed by atoms with Crippen LogP contribution in [0.3, 0.4) is 0 Å². The quantitative estimate of drug-likeness (QED) is 0.866. The molecule has 0 amide bonds. The Morgan fingerprint density at radius 2 is 2.16 bits per heavy atom. The van der Waals surface area contributed by atoms with Gasteiger partial charge in [0.1, 0.15) is 5.75 Å². The van der Waals surface area contributed by atoms with Crippen LogP contribution in [0.1, 0.15) is 30.6 Å². The fourth-order valence-corrected chi connectivity index (χ4v) is 2.15. The molecular weight excluding hydrogens is 238 g/mol. The second-order valence-electron chi connectivity index (χ2n) is 4.59. The summed E-state index contributed by atoms with van der Waals surface area (Å²) in [4.78, 5) is 4.47. The van der Waals surface area contributed by atoms with E-state index in [1.54, 1.807) is 7.11 Å². The van der Waals surface area contributed by atoms with Crippen molar-refractivity contribution in [2.45, 2.75) is 19.4 Å². The van der Waals surface area contributed by atoms with E-state index < -0.39 is 0 Å². The summed E-state index contributed by atoms with van der Waals surface area (Å²) >= 11 is 0. The number of imidazole rings is 1. The molecule has 19 heavy (non-hydrogen) atoms. The first-order valence-electron chi connectivity index (χ1n) is 6.60. The number of nitrogens with zero attached hydrogens (tertiary/aromatic N) is 2. The third kappa shape index (κ3) is 3.15. The minimum Gasteiger partial charge on any atom is -0.496 e. The first kappa shape index (κ1) is 13.6. The Morgan fingerprint density at radius 3 is 2.79 bits per heavy atom. The summed E-state index contributed by atoms with van der Waals surface area (Å²) in [6.45, 7) is 3.10. The van der Waals surface area contributed by atoms with Crippen molar-refractivity contribution >= 4 is 0 Å². The van der Waals surface area contributed by atoms with Crippen molar-refractivity contribution < 1.29 is 4.74 Å². The molecule has 1 aromatic carbocycles. The highest BCUT2D eigenvalue weighted by atomic mass is 16.5. The topological polar surface area (TPSA) is 39.1 Å². The lowest BCUT2D eigenvalue weighted by Crippen LogP contribution is -2.24. The van der Waals surface area contributed by atoms with Gasteiger partial charge in [-0.1, -0.05) is 25.1 Å². The van der Waals surface area contributed by atoms with E-state index in [4.69, 9.17) is 4.74 Å². The molecule has 4 nitrogen and oxygen atoms in total. The molecule has 0 spiro atoms. The smallest absolute Gasteiger partial charge is 0.124 e. The maximum atomic E-state index is 5.46. The predicted molar refractivity (Wildman–Crippen MR) is 76.3 cm³/mol. The Labute approximate surface area is 114 Å². The third-order valence-corrected chi connectivity index (χ3v) is 3.07. The second kappa shape index (κ2) is 6.38. The van der Waals surface area contributed by atoms with Crippen molar-refractivity contribution in [2.24, 2.45) is 7.05 Å². The maximum absolute atomic E-state index is 5.46. The summed E-state index contributed by atoms with van der Waals surface area (Å²) in [6, 6.07) is 8.15. The summed E-state index contributed by atoms with van der Waals surface area (Å²) < 4.78 is 7.42. The Morgan fingerprint density at radius 1 is 1.37 bits per heavy atom. The molecule has 0 fully saturated rings. The highest BCUT2D eigenvalue weighted by molar-refractivity contribution is 5.39. The molecule has 2 rings (SSSR count). The number of benzene rings is 1. The number of rotatable bonds is 6. The van der Waals surface area contributed by atoms with Crippen LogP contribution in [0.25, 0.3) is 0 Å². The first-order valence-corrected chi connectivity index (χ1v) is 6.60. The Bertz CT molecular complexity index is 522. The summed E-state index contributed by atoms with van der Waals surface area (Å²) in [5, 5.41) is 3.53. The number of nitrogens with one attached hydrogen (secondary N) is 1. The van der Waals surface area contributed by atoms with Crippen LogP contribution in [0.15, 0.2) is 36.8 Å². The van der Waals surface area contributed by atoms with E-state index in [0.717, 1.165) is 30.0 Å². The molecule has 1 heterocycles. The zero-order valence-electron chi connectivity index (χ0n) is 11.8. The zero-order valence-corrected chi connectivity index (χ0v) is 11.8. The van der Waals surface area contributed by atoms with Crippen molar-refractivity contribution in [2.75, 3.05) is 13.7 Å². The van der Waals surface area contributed by atoms with Gasteiger partial charge in [0.25, 0.3) is 0 Å². The number of aryl methyl sites for hydroxylation is 1. The lowest BCUT2D eigenvalue weighted by atomic mass is 10.0. The van der Waals surface area contributed by atoms with E-state index in [1.807, 2.05) is 42.3 Å². The van der Waals surface area contributed by atoms with E-state index in [0.29, 0.717) is 0 Å². The van der Waals surface area contributed by atoms with E-state index in [2.05, 4.69) is 23.3 Å². The number of ether oxygens (including phenoxy) is 1. The van der Waals surface area contributed by atoms with Crippen LogP contribution in [-0.2, 0) is 7.05 Å². The average molecular weight is 259 g/mol. The fraction of sp³-hybridized carbons (Fsp3) is 0.400. The maximum Gasteiger partial charge on any atom is 0.124 e. The van der Waals surface area contributed by atoms with Gasteiger partial charge in [0, 0.05) is 18.8 Å². The van der Waals surface area contributed by atoms with E-state index >= 15 is 0 Å². The standard InChI is InChI=1S/C15H21N3O/c1-4-9-16-15(13-10-18(2)11-17-13)12-7-5-6-8-14(12)19-3/h5-8,10-11,15-16H,4,9H2,1-3H3. The summed E-state index contributed by atoms with van der Waals surface area (Å²) in [7, 11) is 3.68. The predicted octanol–water partition coefficient (Wildman–Crippen LogP) is 2.52. The zero-order chi connectivity index (χ0) is 13.7. The number of hydrogen-bond donors (Lipinski definition) is 1. The van der Waals surface area contributed by atoms with Crippen molar-refractivity contribution in [1.29, 1.82) is 0 Å². The first-order chi connectivity index (χ1) is 9.26. The molecule has 2 aromatic rings. The third-order valence-electron chi connectivity index (χ3n) is 3.07. The van der Waals surface area contributed by atoms with Gasteiger partial charge in [0.2, 0.25) is 0 Å². The second-order valence-corrected chi connectivity index (χ2v) is 4.59. The molecule has 102 valence electrons. The molecule has 1 N–H and O–H groups in total. The van der Waals surface area contributed by atoms with Gasteiger partial charge < -0.3 is 14.6 Å². The molecule has 0 aliphatic heterocycles. The SMILES string of the molecule is CCCNC(c1cn(C)cn1)c1ccccc1OC. The summed E-state index contributed by atoms with van der Waals surface area (Å²) in [5.74, 6) is 0.891. The molecule has 0 saturated carbocycles. The molecule has 0 aliphatic rings. The van der Waals surface area contributed by atoms with E-state index in [-0.39, 0.29) is 6.04 Å². The Kier molecular flexibility index (Phi) is 4.58. The largest absolute Gasteiger partial charge is 0.496 e. The van der Waals surface area contributed by atoms with Crippen LogP contribution in [0.5, 0.6) is 5.75 Å². The summed E-state index contributed by atoms with van der Waals surface area (Å²) in [5.41, 5.74) is 2.14. The van der Waals surface area contributed by atoms with Crippen LogP contribution < -0.4 is 10.1 Å². The lowest BCUT2D eigenvalue weighted by Gasteiger charge is -2.19. The van der Waals surface area contributed by atoms with Gasteiger partial charge in [0.05, 0.1) is 25.2 Å².